The first kappa shape index (κ1) is 9.92. The summed E-state index contributed by atoms with van der Waals surface area (Å²) in [6.07, 6.45) is 1.63. The van der Waals surface area contributed by atoms with Crippen LogP contribution in [0.2, 0.25) is 0 Å². The molecule has 15 heavy (non-hydrogen) atoms. The Morgan fingerprint density at radius 1 is 1.60 bits per heavy atom. The monoisotopic (exact) mass is 206 g/mol. The molecule has 1 aliphatic rings. The molecule has 3 N–H and O–H groups in total. The summed E-state index contributed by atoms with van der Waals surface area (Å²) in [4.78, 5) is 17.4. The summed E-state index contributed by atoms with van der Waals surface area (Å²) in [6, 6.07) is 3.68. The zero-order valence-corrected chi connectivity index (χ0v) is 8.60. The summed E-state index contributed by atoms with van der Waals surface area (Å²) in [7, 11) is 0. The third-order valence-corrected chi connectivity index (χ3v) is 2.47. The molecule has 5 nitrogen and oxygen atoms in total. The summed E-state index contributed by atoms with van der Waals surface area (Å²) in [6.45, 7) is 3.19. The third kappa shape index (κ3) is 1.92. The summed E-state index contributed by atoms with van der Waals surface area (Å²) in [5.74, 6) is 0.536. The maximum absolute atomic E-state index is 11.7. The first-order valence-corrected chi connectivity index (χ1v) is 4.93. The third-order valence-electron chi connectivity index (χ3n) is 2.47. The van der Waals surface area contributed by atoms with Crippen LogP contribution in [-0.4, -0.2) is 30.0 Å². The maximum Gasteiger partial charge on any atom is 0.241 e. The van der Waals surface area contributed by atoms with Gasteiger partial charge in [-0.2, -0.15) is 0 Å². The van der Waals surface area contributed by atoms with Crippen molar-refractivity contribution in [2.75, 3.05) is 23.7 Å². The van der Waals surface area contributed by atoms with Gasteiger partial charge in [0.25, 0.3) is 0 Å². The number of hydrogen-bond donors (Lipinski definition) is 2. The van der Waals surface area contributed by atoms with E-state index < -0.39 is 0 Å². The van der Waals surface area contributed by atoms with Gasteiger partial charge >= 0.3 is 0 Å². The zero-order chi connectivity index (χ0) is 10.8. The van der Waals surface area contributed by atoms with E-state index in [1.165, 1.54) is 0 Å². The number of pyridine rings is 1. The van der Waals surface area contributed by atoms with Crippen LogP contribution in [0.3, 0.4) is 0 Å². The van der Waals surface area contributed by atoms with Gasteiger partial charge in [-0.25, -0.2) is 4.98 Å². The Morgan fingerprint density at radius 3 is 3.00 bits per heavy atom. The van der Waals surface area contributed by atoms with Crippen LogP contribution in [0.15, 0.2) is 18.3 Å². The van der Waals surface area contributed by atoms with Crippen LogP contribution in [0.1, 0.15) is 6.92 Å². The molecule has 0 radical (unpaired) electrons. The Balaban J connectivity index is 2.27. The van der Waals surface area contributed by atoms with Crippen LogP contribution >= 0.6 is 0 Å². The molecule has 1 aromatic rings. The average molecular weight is 206 g/mol. The minimum absolute atomic E-state index is 0.0697. The van der Waals surface area contributed by atoms with Crippen molar-refractivity contribution in [2.45, 2.75) is 13.0 Å². The van der Waals surface area contributed by atoms with Gasteiger partial charge in [-0.05, 0) is 19.1 Å². The molecule has 0 aromatic carbocycles. The van der Waals surface area contributed by atoms with E-state index in [-0.39, 0.29) is 11.9 Å². The minimum atomic E-state index is 0.0697. The number of nitrogen functional groups attached to an aromatic ring is 1. The van der Waals surface area contributed by atoms with Gasteiger partial charge in [0.1, 0.15) is 5.82 Å². The second kappa shape index (κ2) is 3.86. The summed E-state index contributed by atoms with van der Waals surface area (Å²) < 4.78 is 0. The highest BCUT2D eigenvalue weighted by atomic mass is 16.2. The SMILES string of the molecule is CC1CNCC(=O)N1c1ccc(N)nc1. The van der Waals surface area contributed by atoms with Crippen LogP contribution in [0.5, 0.6) is 0 Å². The van der Waals surface area contributed by atoms with E-state index >= 15 is 0 Å². The van der Waals surface area contributed by atoms with Gasteiger partial charge in [-0.15, -0.1) is 0 Å². The van der Waals surface area contributed by atoms with E-state index in [0.29, 0.717) is 12.4 Å². The zero-order valence-electron chi connectivity index (χ0n) is 8.60. The Morgan fingerprint density at radius 2 is 2.40 bits per heavy atom. The van der Waals surface area contributed by atoms with E-state index in [1.807, 2.05) is 13.0 Å². The molecule has 1 aliphatic heterocycles. The summed E-state index contributed by atoms with van der Waals surface area (Å²) in [5, 5.41) is 3.06. The van der Waals surface area contributed by atoms with E-state index in [9.17, 15) is 4.79 Å². The maximum atomic E-state index is 11.7. The average Bonchev–Trinajstić information content (AvgIpc) is 2.20. The predicted molar refractivity (Wildman–Crippen MR) is 58.5 cm³/mol. The highest BCUT2D eigenvalue weighted by Crippen LogP contribution is 2.18. The molecule has 1 unspecified atom stereocenters. The smallest absolute Gasteiger partial charge is 0.241 e. The molecule has 5 heteroatoms. The number of nitrogens with two attached hydrogens (primary N) is 1. The largest absolute Gasteiger partial charge is 0.384 e. The lowest BCUT2D eigenvalue weighted by Crippen LogP contribution is -2.53. The molecule has 1 atom stereocenters. The lowest BCUT2D eigenvalue weighted by molar-refractivity contribution is -0.119. The first-order valence-electron chi connectivity index (χ1n) is 4.93. The number of amides is 1. The lowest BCUT2D eigenvalue weighted by atomic mass is 10.2. The molecule has 1 aromatic heterocycles. The standard InChI is InChI=1S/C10H14N4O/c1-7-4-12-6-10(15)14(7)8-2-3-9(11)13-5-8/h2-3,5,7,12H,4,6H2,1H3,(H2,11,13). The van der Waals surface area contributed by atoms with Gasteiger partial charge < -0.3 is 16.0 Å². The molecular weight excluding hydrogens is 192 g/mol. The molecule has 0 bridgehead atoms. The summed E-state index contributed by atoms with van der Waals surface area (Å²) >= 11 is 0. The van der Waals surface area contributed by atoms with Crippen molar-refractivity contribution in [3.63, 3.8) is 0 Å². The Labute approximate surface area is 88.3 Å². The highest BCUT2D eigenvalue weighted by molar-refractivity contribution is 5.96. The molecule has 2 heterocycles. The quantitative estimate of drug-likeness (QED) is 0.678. The number of carbonyl (C=O) groups is 1. The van der Waals surface area contributed by atoms with Gasteiger partial charge in [-0.3, -0.25) is 4.79 Å². The van der Waals surface area contributed by atoms with Crippen LogP contribution in [0.25, 0.3) is 0 Å². The number of anilines is 2. The summed E-state index contributed by atoms with van der Waals surface area (Å²) in [5.41, 5.74) is 6.31. The fourth-order valence-corrected chi connectivity index (χ4v) is 1.75. The fourth-order valence-electron chi connectivity index (χ4n) is 1.75. The fraction of sp³-hybridized carbons (Fsp3) is 0.400. The van der Waals surface area contributed by atoms with Crippen LogP contribution in [-0.2, 0) is 4.79 Å². The minimum Gasteiger partial charge on any atom is -0.384 e. The number of nitrogens with one attached hydrogen (secondary N) is 1. The molecule has 1 saturated heterocycles. The molecule has 1 fully saturated rings. The number of piperazine rings is 1. The second-order valence-corrected chi connectivity index (χ2v) is 3.68. The lowest BCUT2D eigenvalue weighted by Gasteiger charge is -2.33. The van der Waals surface area contributed by atoms with Crippen molar-refractivity contribution < 1.29 is 4.79 Å². The number of carbonyl (C=O) groups excluding carboxylic acids is 1. The number of aromatic nitrogens is 1. The van der Waals surface area contributed by atoms with Crippen molar-refractivity contribution in [1.29, 1.82) is 0 Å². The van der Waals surface area contributed by atoms with E-state index in [4.69, 9.17) is 5.73 Å². The molecular formula is C10H14N4O. The predicted octanol–water partition coefficient (Wildman–Crippen LogP) is -0.0115. The molecule has 0 saturated carbocycles. The molecule has 0 aliphatic carbocycles. The Bertz CT molecular complexity index is 362. The number of rotatable bonds is 1. The first-order chi connectivity index (χ1) is 7.18. The van der Waals surface area contributed by atoms with Gasteiger partial charge in [0.05, 0.1) is 18.4 Å². The Kier molecular flexibility index (Phi) is 2.55. The second-order valence-electron chi connectivity index (χ2n) is 3.68. The van der Waals surface area contributed by atoms with Crippen molar-refractivity contribution >= 4 is 17.4 Å². The van der Waals surface area contributed by atoms with Crippen molar-refractivity contribution in [1.82, 2.24) is 10.3 Å². The van der Waals surface area contributed by atoms with Crippen LogP contribution in [0, 0.1) is 0 Å². The van der Waals surface area contributed by atoms with Gasteiger partial charge in [0.15, 0.2) is 0 Å². The van der Waals surface area contributed by atoms with E-state index in [1.54, 1.807) is 17.2 Å². The molecule has 1 amide bonds. The van der Waals surface area contributed by atoms with E-state index in [2.05, 4.69) is 10.3 Å². The van der Waals surface area contributed by atoms with Gasteiger partial charge in [0, 0.05) is 12.6 Å². The Hall–Kier alpha value is -1.62. The van der Waals surface area contributed by atoms with Crippen LogP contribution in [0.4, 0.5) is 11.5 Å². The van der Waals surface area contributed by atoms with Crippen molar-refractivity contribution in [3.05, 3.63) is 18.3 Å². The molecule has 0 spiro atoms. The van der Waals surface area contributed by atoms with Gasteiger partial charge in [0.2, 0.25) is 5.91 Å². The normalized spacial score (nSPS) is 21.8. The van der Waals surface area contributed by atoms with E-state index in [0.717, 1.165) is 12.2 Å². The van der Waals surface area contributed by atoms with Crippen molar-refractivity contribution in [3.8, 4) is 0 Å². The highest BCUT2D eigenvalue weighted by Gasteiger charge is 2.25. The molecule has 2 rings (SSSR count). The van der Waals surface area contributed by atoms with Crippen LogP contribution < -0.4 is 16.0 Å². The number of nitrogens with zero attached hydrogens (tertiary/aromatic N) is 2. The van der Waals surface area contributed by atoms with Crippen molar-refractivity contribution in [2.24, 2.45) is 0 Å². The topological polar surface area (TPSA) is 71.2 Å². The molecule has 80 valence electrons. The number of hydrogen-bond acceptors (Lipinski definition) is 4. The van der Waals surface area contributed by atoms with Gasteiger partial charge in [-0.1, -0.05) is 0 Å².